The minimum atomic E-state index is -0.0483. The Hall–Kier alpha value is -2.13. The van der Waals surface area contributed by atoms with E-state index in [2.05, 4.69) is 74.6 Å². The first-order valence-corrected chi connectivity index (χ1v) is 10.2. The third kappa shape index (κ3) is 5.43. The monoisotopic (exact) mass is 365 g/mol. The van der Waals surface area contributed by atoms with Crippen molar-refractivity contribution in [2.75, 3.05) is 13.1 Å². The number of quaternary nitrogens is 1. The summed E-state index contributed by atoms with van der Waals surface area (Å²) < 4.78 is 0. The molecule has 0 saturated carbocycles. The molecule has 0 aliphatic carbocycles. The van der Waals surface area contributed by atoms with E-state index >= 15 is 0 Å². The molecule has 3 rings (SSSR count). The number of rotatable bonds is 6. The second-order valence-corrected chi connectivity index (χ2v) is 8.72. The molecule has 2 aromatic rings. The van der Waals surface area contributed by atoms with Gasteiger partial charge in [-0.05, 0) is 29.4 Å². The molecule has 3 nitrogen and oxygen atoms in total. The SMILES string of the molecule is CC(C)(C)c1ccc(C[NH2+][C@H](Cc2ccccc2)C(=O)N2CCCC2)cc1. The third-order valence-electron chi connectivity index (χ3n) is 5.49. The second-order valence-electron chi connectivity index (χ2n) is 8.72. The number of nitrogens with zero attached hydrogens (tertiary/aromatic N) is 1. The van der Waals surface area contributed by atoms with Crippen LogP contribution in [0.15, 0.2) is 54.6 Å². The summed E-state index contributed by atoms with van der Waals surface area (Å²) in [5, 5.41) is 2.22. The Morgan fingerprint density at radius 1 is 0.963 bits per heavy atom. The molecule has 2 N–H and O–H groups in total. The number of likely N-dealkylation sites (tertiary alicyclic amines) is 1. The van der Waals surface area contributed by atoms with Gasteiger partial charge in [-0.15, -0.1) is 0 Å². The van der Waals surface area contributed by atoms with Crippen molar-refractivity contribution in [3.8, 4) is 0 Å². The Labute approximate surface area is 163 Å². The highest BCUT2D eigenvalue weighted by atomic mass is 16.2. The number of hydrogen-bond acceptors (Lipinski definition) is 1. The van der Waals surface area contributed by atoms with Crippen LogP contribution in [-0.2, 0) is 23.2 Å². The van der Waals surface area contributed by atoms with Crippen molar-refractivity contribution < 1.29 is 10.1 Å². The van der Waals surface area contributed by atoms with Crippen molar-refractivity contribution in [2.45, 2.75) is 58.0 Å². The van der Waals surface area contributed by atoms with E-state index in [0.29, 0.717) is 5.91 Å². The third-order valence-corrected chi connectivity index (χ3v) is 5.49. The maximum atomic E-state index is 13.1. The molecular formula is C24H33N2O+. The summed E-state index contributed by atoms with van der Waals surface area (Å²) in [4.78, 5) is 15.1. The minimum absolute atomic E-state index is 0.0483. The zero-order valence-corrected chi connectivity index (χ0v) is 16.9. The molecule has 0 radical (unpaired) electrons. The lowest BCUT2D eigenvalue weighted by Gasteiger charge is -2.22. The van der Waals surface area contributed by atoms with Gasteiger partial charge in [-0.2, -0.15) is 0 Å². The van der Waals surface area contributed by atoms with Crippen LogP contribution in [0.1, 0.15) is 50.3 Å². The van der Waals surface area contributed by atoms with Gasteiger partial charge < -0.3 is 10.2 Å². The van der Waals surface area contributed by atoms with E-state index in [-0.39, 0.29) is 11.5 Å². The topological polar surface area (TPSA) is 36.9 Å². The van der Waals surface area contributed by atoms with Crippen LogP contribution in [0.3, 0.4) is 0 Å². The zero-order valence-electron chi connectivity index (χ0n) is 16.9. The summed E-state index contributed by atoms with van der Waals surface area (Å²) in [6.45, 7) is 9.37. The van der Waals surface area contributed by atoms with E-state index in [0.717, 1.165) is 38.9 Å². The quantitative estimate of drug-likeness (QED) is 0.838. The van der Waals surface area contributed by atoms with Gasteiger partial charge in [-0.25, -0.2) is 0 Å². The Morgan fingerprint density at radius 2 is 1.59 bits per heavy atom. The van der Waals surface area contributed by atoms with E-state index in [1.165, 1.54) is 16.7 Å². The molecule has 0 aromatic heterocycles. The van der Waals surface area contributed by atoms with Gasteiger partial charge in [0.1, 0.15) is 6.54 Å². The predicted molar refractivity (Wildman–Crippen MR) is 111 cm³/mol. The van der Waals surface area contributed by atoms with Gasteiger partial charge in [0.15, 0.2) is 6.04 Å². The fourth-order valence-corrected chi connectivity index (χ4v) is 3.73. The van der Waals surface area contributed by atoms with Crippen LogP contribution in [0.4, 0.5) is 0 Å². The van der Waals surface area contributed by atoms with Crippen molar-refractivity contribution >= 4 is 5.91 Å². The van der Waals surface area contributed by atoms with Crippen LogP contribution in [-0.4, -0.2) is 29.9 Å². The van der Waals surface area contributed by atoms with Crippen LogP contribution < -0.4 is 5.32 Å². The number of benzene rings is 2. The number of amides is 1. The first-order valence-electron chi connectivity index (χ1n) is 10.2. The predicted octanol–water partition coefficient (Wildman–Crippen LogP) is 3.28. The standard InChI is InChI=1S/C24H32N2O/c1-24(2,3)21-13-11-20(12-14-21)18-25-22(17-19-9-5-4-6-10-19)23(27)26-15-7-8-16-26/h4-6,9-14,22,25H,7-8,15-18H2,1-3H3/p+1/t22-/m1/s1. The summed E-state index contributed by atoms with van der Waals surface area (Å²) in [7, 11) is 0. The molecule has 1 amide bonds. The van der Waals surface area contributed by atoms with Crippen LogP contribution in [0.2, 0.25) is 0 Å². The highest BCUT2D eigenvalue weighted by molar-refractivity contribution is 5.81. The molecule has 1 aliphatic rings. The average Bonchev–Trinajstić information content (AvgIpc) is 3.20. The molecule has 1 saturated heterocycles. The highest BCUT2D eigenvalue weighted by Gasteiger charge is 2.29. The molecule has 1 atom stereocenters. The molecule has 27 heavy (non-hydrogen) atoms. The fourth-order valence-electron chi connectivity index (χ4n) is 3.73. The molecule has 1 fully saturated rings. The average molecular weight is 366 g/mol. The summed E-state index contributed by atoms with van der Waals surface area (Å²) >= 11 is 0. The van der Waals surface area contributed by atoms with Crippen molar-refractivity contribution in [2.24, 2.45) is 0 Å². The molecule has 144 valence electrons. The van der Waals surface area contributed by atoms with Crippen molar-refractivity contribution in [3.63, 3.8) is 0 Å². The lowest BCUT2D eigenvalue weighted by Crippen LogP contribution is -2.91. The van der Waals surface area contributed by atoms with Crippen molar-refractivity contribution in [3.05, 3.63) is 71.3 Å². The first-order chi connectivity index (χ1) is 12.9. The van der Waals surface area contributed by atoms with Crippen LogP contribution in [0, 0.1) is 0 Å². The van der Waals surface area contributed by atoms with Gasteiger partial charge in [0.05, 0.1) is 0 Å². The van der Waals surface area contributed by atoms with Gasteiger partial charge >= 0.3 is 0 Å². The molecular weight excluding hydrogens is 332 g/mol. The first kappa shape index (κ1) is 19.6. The lowest BCUT2D eigenvalue weighted by molar-refractivity contribution is -0.692. The molecule has 0 unspecified atom stereocenters. The summed E-state index contributed by atoms with van der Waals surface area (Å²) in [6, 6.07) is 19.2. The number of nitrogens with two attached hydrogens (primary N) is 1. The number of carbonyl (C=O) groups excluding carboxylic acids is 1. The lowest BCUT2D eigenvalue weighted by atomic mass is 9.87. The minimum Gasteiger partial charge on any atom is -0.338 e. The van der Waals surface area contributed by atoms with E-state index < -0.39 is 0 Å². The van der Waals surface area contributed by atoms with Gasteiger partial charge in [-0.1, -0.05) is 75.4 Å². The molecule has 0 bridgehead atoms. The highest BCUT2D eigenvalue weighted by Crippen LogP contribution is 2.22. The smallest absolute Gasteiger partial charge is 0.281 e. The molecule has 3 heteroatoms. The fraction of sp³-hybridized carbons (Fsp3) is 0.458. The van der Waals surface area contributed by atoms with Crippen molar-refractivity contribution in [1.82, 2.24) is 4.90 Å². The maximum Gasteiger partial charge on any atom is 0.281 e. The Balaban J connectivity index is 1.68. The van der Waals surface area contributed by atoms with Crippen LogP contribution >= 0.6 is 0 Å². The summed E-state index contributed by atoms with van der Waals surface area (Å²) in [5.41, 5.74) is 4.02. The second kappa shape index (κ2) is 8.71. The zero-order chi connectivity index (χ0) is 19.3. The Morgan fingerprint density at radius 3 is 2.19 bits per heavy atom. The number of carbonyl (C=O) groups is 1. The maximum absolute atomic E-state index is 13.1. The molecule has 2 aromatic carbocycles. The molecule has 0 spiro atoms. The van der Waals surface area contributed by atoms with Gasteiger partial charge in [0.2, 0.25) is 0 Å². The van der Waals surface area contributed by atoms with E-state index in [4.69, 9.17) is 0 Å². The largest absolute Gasteiger partial charge is 0.338 e. The summed E-state index contributed by atoms with van der Waals surface area (Å²) in [5.74, 6) is 0.294. The van der Waals surface area contributed by atoms with Crippen LogP contribution in [0.25, 0.3) is 0 Å². The van der Waals surface area contributed by atoms with Crippen LogP contribution in [0.5, 0.6) is 0 Å². The normalized spacial score (nSPS) is 15.7. The number of hydrogen-bond donors (Lipinski definition) is 1. The van der Waals surface area contributed by atoms with Gasteiger partial charge in [0, 0.05) is 25.1 Å². The van der Waals surface area contributed by atoms with Gasteiger partial charge in [-0.3, -0.25) is 4.79 Å². The van der Waals surface area contributed by atoms with E-state index in [9.17, 15) is 4.79 Å². The van der Waals surface area contributed by atoms with E-state index in [1.54, 1.807) is 0 Å². The van der Waals surface area contributed by atoms with Crippen molar-refractivity contribution in [1.29, 1.82) is 0 Å². The molecule has 1 aliphatic heterocycles. The molecule has 1 heterocycles. The summed E-state index contributed by atoms with van der Waals surface area (Å²) in [6.07, 6.45) is 3.06. The van der Waals surface area contributed by atoms with Gasteiger partial charge in [0.25, 0.3) is 5.91 Å². The Kier molecular flexibility index (Phi) is 6.33. The van der Waals surface area contributed by atoms with E-state index in [1.807, 2.05) is 11.0 Å². The Bertz CT molecular complexity index is 725.